The lowest BCUT2D eigenvalue weighted by Gasteiger charge is -2.11. The highest BCUT2D eigenvalue weighted by atomic mass is 16.5. The molecule has 0 amide bonds. The molecule has 0 bridgehead atoms. The number of ether oxygens (including phenoxy) is 2. The van der Waals surface area contributed by atoms with Crippen LogP contribution in [0.4, 0.5) is 0 Å². The van der Waals surface area contributed by atoms with E-state index in [-0.39, 0.29) is 0 Å². The highest BCUT2D eigenvalue weighted by Gasteiger charge is 2.13. The third-order valence-corrected chi connectivity index (χ3v) is 2.91. The van der Waals surface area contributed by atoms with Crippen molar-refractivity contribution in [3.63, 3.8) is 0 Å². The van der Waals surface area contributed by atoms with Gasteiger partial charge < -0.3 is 14.8 Å². The normalized spacial score (nSPS) is 19.4. The molecule has 1 aromatic carbocycles. The fraction of sp³-hybridized carbons (Fsp3) is 0.571. The van der Waals surface area contributed by atoms with E-state index in [0.29, 0.717) is 6.10 Å². The number of hydrogen-bond donors (Lipinski definition) is 1. The van der Waals surface area contributed by atoms with Crippen molar-refractivity contribution in [3.05, 3.63) is 30.3 Å². The third kappa shape index (κ3) is 4.75. The highest BCUT2D eigenvalue weighted by Crippen LogP contribution is 2.10. The highest BCUT2D eigenvalue weighted by molar-refractivity contribution is 5.20. The standard InChI is InChI=1S/C14H21NO2/c1-2-6-13(7-3-1)16-11-5-9-15-12-14-8-4-10-17-14/h1-3,6-7,14-15H,4-5,8-12H2. The lowest BCUT2D eigenvalue weighted by molar-refractivity contribution is 0.110. The Balaban J connectivity index is 1.46. The van der Waals surface area contributed by atoms with Gasteiger partial charge in [0.15, 0.2) is 0 Å². The van der Waals surface area contributed by atoms with Crippen LogP contribution in [-0.4, -0.2) is 32.4 Å². The van der Waals surface area contributed by atoms with Crippen molar-refractivity contribution in [2.75, 3.05) is 26.3 Å². The van der Waals surface area contributed by atoms with E-state index in [4.69, 9.17) is 9.47 Å². The zero-order valence-electron chi connectivity index (χ0n) is 10.2. The molecule has 2 rings (SSSR count). The fourth-order valence-corrected chi connectivity index (χ4v) is 1.97. The van der Waals surface area contributed by atoms with Gasteiger partial charge in [-0.15, -0.1) is 0 Å². The lowest BCUT2D eigenvalue weighted by Crippen LogP contribution is -2.27. The van der Waals surface area contributed by atoms with Crippen molar-refractivity contribution in [1.82, 2.24) is 5.32 Å². The topological polar surface area (TPSA) is 30.5 Å². The summed E-state index contributed by atoms with van der Waals surface area (Å²) in [5.41, 5.74) is 0. The summed E-state index contributed by atoms with van der Waals surface area (Å²) >= 11 is 0. The molecule has 1 heterocycles. The molecular weight excluding hydrogens is 214 g/mol. The summed E-state index contributed by atoms with van der Waals surface area (Å²) in [5, 5.41) is 3.41. The summed E-state index contributed by atoms with van der Waals surface area (Å²) in [7, 11) is 0. The van der Waals surface area contributed by atoms with Crippen molar-refractivity contribution < 1.29 is 9.47 Å². The maximum absolute atomic E-state index is 5.61. The van der Waals surface area contributed by atoms with Gasteiger partial charge >= 0.3 is 0 Å². The van der Waals surface area contributed by atoms with E-state index >= 15 is 0 Å². The van der Waals surface area contributed by atoms with Gasteiger partial charge in [0.05, 0.1) is 12.7 Å². The molecule has 1 N–H and O–H groups in total. The molecule has 1 atom stereocenters. The molecule has 0 aromatic heterocycles. The first-order valence-corrected chi connectivity index (χ1v) is 6.45. The Hall–Kier alpha value is -1.06. The van der Waals surface area contributed by atoms with Gasteiger partial charge in [-0.1, -0.05) is 18.2 Å². The summed E-state index contributed by atoms with van der Waals surface area (Å²) in [6.07, 6.45) is 3.88. The van der Waals surface area contributed by atoms with Crippen LogP contribution in [0.15, 0.2) is 30.3 Å². The van der Waals surface area contributed by atoms with Gasteiger partial charge in [-0.25, -0.2) is 0 Å². The molecular formula is C14H21NO2. The molecule has 1 aromatic rings. The minimum absolute atomic E-state index is 0.435. The van der Waals surface area contributed by atoms with Crippen LogP contribution in [0.1, 0.15) is 19.3 Å². The average Bonchev–Trinajstić information content (AvgIpc) is 2.88. The Bertz CT molecular complexity index is 296. The summed E-state index contributed by atoms with van der Waals surface area (Å²) < 4.78 is 11.1. The first-order valence-electron chi connectivity index (χ1n) is 6.45. The predicted octanol–water partition coefficient (Wildman–Crippen LogP) is 2.22. The van der Waals surface area contributed by atoms with Gasteiger partial charge in [-0.3, -0.25) is 0 Å². The van der Waals surface area contributed by atoms with Crippen LogP contribution in [0.25, 0.3) is 0 Å². The van der Waals surface area contributed by atoms with Crippen molar-refractivity contribution in [2.45, 2.75) is 25.4 Å². The second kappa shape index (κ2) is 7.30. The van der Waals surface area contributed by atoms with Crippen LogP contribution < -0.4 is 10.1 Å². The Kier molecular flexibility index (Phi) is 5.33. The number of benzene rings is 1. The van der Waals surface area contributed by atoms with Crippen molar-refractivity contribution in [3.8, 4) is 5.75 Å². The molecule has 1 fully saturated rings. The molecule has 0 spiro atoms. The van der Waals surface area contributed by atoms with E-state index in [2.05, 4.69) is 5.32 Å². The fourth-order valence-electron chi connectivity index (χ4n) is 1.97. The van der Waals surface area contributed by atoms with Gasteiger partial charge in [-0.2, -0.15) is 0 Å². The molecule has 0 radical (unpaired) electrons. The first-order chi connectivity index (χ1) is 8.45. The monoisotopic (exact) mass is 235 g/mol. The van der Waals surface area contributed by atoms with Crippen molar-refractivity contribution >= 4 is 0 Å². The first kappa shape index (κ1) is 12.4. The largest absolute Gasteiger partial charge is 0.494 e. The second-order valence-corrected chi connectivity index (χ2v) is 4.35. The Labute approximate surface area is 103 Å². The minimum atomic E-state index is 0.435. The van der Waals surface area contributed by atoms with Crippen LogP contribution in [-0.2, 0) is 4.74 Å². The van der Waals surface area contributed by atoms with E-state index < -0.39 is 0 Å². The molecule has 3 heteroatoms. The molecule has 94 valence electrons. The zero-order valence-corrected chi connectivity index (χ0v) is 10.2. The molecule has 1 saturated heterocycles. The van der Waals surface area contributed by atoms with Gasteiger partial charge in [0.2, 0.25) is 0 Å². The number of nitrogens with one attached hydrogen (secondary N) is 1. The number of para-hydroxylation sites is 1. The molecule has 1 aliphatic rings. The maximum Gasteiger partial charge on any atom is 0.119 e. The SMILES string of the molecule is c1ccc(OCCCNCC2CCCO2)cc1. The van der Waals surface area contributed by atoms with Crippen molar-refractivity contribution in [1.29, 1.82) is 0 Å². The van der Waals surface area contributed by atoms with Crippen LogP contribution in [0.2, 0.25) is 0 Å². The summed E-state index contributed by atoms with van der Waals surface area (Å²) in [4.78, 5) is 0. The Morgan fingerprint density at radius 3 is 2.94 bits per heavy atom. The molecule has 3 nitrogen and oxygen atoms in total. The lowest BCUT2D eigenvalue weighted by atomic mass is 10.2. The molecule has 17 heavy (non-hydrogen) atoms. The zero-order chi connectivity index (χ0) is 11.8. The second-order valence-electron chi connectivity index (χ2n) is 4.35. The van der Waals surface area contributed by atoms with Crippen LogP contribution in [0.5, 0.6) is 5.75 Å². The summed E-state index contributed by atoms with van der Waals surface area (Å²) in [5.74, 6) is 0.951. The Morgan fingerprint density at radius 1 is 1.29 bits per heavy atom. The number of rotatable bonds is 7. The molecule has 1 aliphatic heterocycles. The van der Waals surface area contributed by atoms with Gasteiger partial charge in [0.25, 0.3) is 0 Å². The van der Waals surface area contributed by atoms with Gasteiger partial charge in [-0.05, 0) is 37.9 Å². The average molecular weight is 235 g/mol. The van der Waals surface area contributed by atoms with Crippen molar-refractivity contribution in [2.24, 2.45) is 0 Å². The van der Waals surface area contributed by atoms with Crippen LogP contribution in [0.3, 0.4) is 0 Å². The van der Waals surface area contributed by atoms with E-state index in [1.807, 2.05) is 30.3 Å². The molecule has 0 saturated carbocycles. The third-order valence-electron chi connectivity index (χ3n) is 2.91. The van der Waals surface area contributed by atoms with Gasteiger partial charge in [0.1, 0.15) is 5.75 Å². The maximum atomic E-state index is 5.61. The molecule has 1 unspecified atom stereocenters. The summed E-state index contributed by atoms with van der Waals surface area (Å²) in [6, 6.07) is 9.95. The summed E-state index contributed by atoms with van der Waals surface area (Å²) in [6.45, 7) is 3.67. The number of hydrogen-bond acceptors (Lipinski definition) is 3. The molecule has 0 aliphatic carbocycles. The smallest absolute Gasteiger partial charge is 0.119 e. The van der Waals surface area contributed by atoms with Crippen LogP contribution in [0, 0.1) is 0 Å². The quantitative estimate of drug-likeness (QED) is 0.735. The predicted molar refractivity (Wildman–Crippen MR) is 68.4 cm³/mol. The van der Waals surface area contributed by atoms with E-state index in [9.17, 15) is 0 Å². The minimum Gasteiger partial charge on any atom is -0.494 e. The van der Waals surface area contributed by atoms with Crippen LogP contribution >= 0.6 is 0 Å². The van der Waals surface area contributed by atoms with E-state index in [1.54, 1.807) is 0 Å². The van der Waals surface area contributed by atoms with Gasteiger partial charge in [0, 0.05) is 13.2 Å². The van der Waals surface area contributed by atoms with E-state index in [0.717, 1.165) is 38.5 Å². The van der Waals surface area contributed by atoms with E-state index in [1.165, 1.54) is 12.8 Å². The Morgan fingerprint density at radius 2 is 2.18 bits per heavy atom.